The number of likely N-dealkylation sites (N-methyl/N-ethyl adjacent to an activating group) is 1. The molecule has 4 aromatic rings. The predicted molar refractivity (Wildman–Crippen MR) is 117 cm³/mol. The Balaban J connectivity index is 1.31. The third kappa shape index (κ3) is 3.79. The van der Waals surface area contributed by atoms with Crippen LogP contribution in [-0.4, -0.2) is 45.7 Å². The van der Waals surface area contributed by atoms with Gasteiger partial charge in [0.05, 0.1) is 24.7 Å². The van der Waals surface area contributed by atoms with E-state index in [4.69, 9.17) is 4.42 Å². The van der Waals surface area contributed by atoms with Crippen molar-refractivity contribution in [2.75, 3.05) is 17.7 Å². The summed E-state index contributed by atoms with van der Waals surface area (Å²) in [4.78, 5) is 28.3. The van der Waals surface area contributed by atoms with Crippen LogP contribution in [0.2, 0.25) is 0 Å². The predicted octanol–water partition coefficient (Wildman–Crippen LogP) is 2.94. The van der Waals surface area contributed by atoms with Crippen LogP contribution in [-0.2, 0) is 11.3 Å². The highest BCUT2D eigenvalue weighted by Gasteiger charge is 2.31. The molecule has 2 amide bonds. The number of aromatic nitrogens is 3. The maximum atomic E-state index is 13.0. The van der Waals surface area contributed by atoms with E-state index in [0.717, 1.165) is 27.1 Å². The molecule has 0 fully saturated rings. The lowest BCUT2D eigenvalue weighted by Crippen LogP contribution is -2.48. The first-order valence-corrected chi connectivity index (χ1v) is 10.7. The SMILES string of the molecule is CN1C(=O)[C@@H](NC(=O)c2cn(Cc3ccccc3)nn2)CSc2cc3occc3cc21. The van der Waals surface area contributed by atoms with Crippen LogP contribution >= 0.6 is 11.8 Å². The molecule has 3 heterocycles. The molecule has 156 valence electrons. The Morgan fingerprint density at radius 2 is 2.10 bits per heavy atom. The topological polar surface area (TPSA) is 93.3 Å². The highest BCUT2D eigenvalue weighted by Crippen LogP contribution is 2.37. The Morgan fingerprint density at radius 1 is 1.26 bits per heavy atom. The van der Waals surface area contributed by atoms with E-state index in [-0.39, 0.29) is 11.6 Å². The zero-order valence-electron chi connectivity index (χ0n) is 16.7. The normalized spacial score (nSPS) is 16.2. The van der Waals surface area contributed by atoms with Gasteiger partial charge >= 0.3 is 0 Å². The van der Waals surface area contributed by atoms with E-state index >= 15 is 0 Å². The molecule has 0 unspecified atom stereocenters. The number of nitrogens with zero attached hydrogens (tertiary/aromatic N) is 4. The third-order valence-corrected chi connectivity index (χ3v) is 6.33. The van der Waals surface area contributed by atoms with Crippen LogP contribution in [0.15, 0.2) is 70.3 Å². The first-order chi connectivity index (χ1) is 15.1. The van der Waals surface area contributed by atoms with Gasteiger partial charge in [0.25, 0.3) is 5.91 Å². The summed E-state index contributed by atoms with van der Waals surface area (Å²) in [7, 11) is 1.72. The van der Waals surface area contributed by atoms with Crippen LogP contribution < -0.4 is 10.2 Å². The van der Waals surface area contributed by atoms with Gasteiger partial charge in [-0.05, 0) is 23.8 Å². The first-order valence-electron chi connectivity index (χ1n) is 9.75. The van der Waals surface area contributed by atoms with Crippen molar-refractivity contribution in [2.45, 2.75) is 17.5 Å². The van der Waals surface area contributed by atoms with E-state index in [2.05, 4.69) is 15.6 Å². The van der Waals surface area contributed by atoms with E-state index in [0.29, 0.717) is 12.3 Å². The van der Waals surface area contributed by atoms with E-state index in [9.17, 15) is 9.59 Å². The second-order valence-corrected chi connectivity index (χ2v) is 8.36. The molecule has 0 radical (unpaired) electrons. The zero-order chi connectivity index (χ0) is 21.4. The van der Waals surface area contributed by atoms with Crippen molar-refractivity contribution in [1.82, 2.24) is 20.3 Å². The Hall–Kier alpha value is -3.59. The number of furan rings is 1. The number of carbonyl (C=O) groups excluding carboxylic acids is 2. The average molecular weight is 433 g/mol. The number of fused-ring (bicyclic) bond motifs is 2. The molecule has 1 aliphatic heterocycles. The molecule has 0 aliphatic carbocycles. The molecule has 1 aliphatic rings. The minimum atomic E-state index is -0.680. The average Bonchev–Trinajstić information content (AvgIpc) is 3.42. The second-order valence-electron chi connectivity index (χ2n) is 7.30. The smallest absolute Gasteiger partial charge is 0.274 e. The van der Waals surface area contributed by atoms with Gasteiger partial charge in [-0.25, -0.2) is 4.68 Å². The van der Waals surface area contributed by atoms with E-state index < -0.39 is 11.9 Å². The van der Waals surface area contributed by atoms with Crippen LogP contribution in [0.1, 0.15) is 16.1 Å². The molecule has 0 bridgehead atoms. The van der Waals surface area contributed by atoms with Gasteiger partial charge < -0.3 is 14.6 Å². The van der Waals surface area contributed by atoms with Gasteiger partial charge in [-0.2, -0.15) is 0 Å². The van der Waals surface area contributed by atoms with Gasteiger partial charge in [-0.1, -0.05) is 35.5 Å². The third-order valence-electron chi connectivity index (χ3n) is 5.19. The largest absolute Gasteiger partial charge is 0.464 e. The standard InChI is InChI=1S/C22H19N5O3S/c1-26-18-9-15-7-8-30-19(15)10-20(18)31-13-17(22(26)29)23-21(28)16-12-27(25-24-16)11-14-5-3-2-4-6-14/h2-10,12,17H,11,13H2,1H3,(H,23,28)/t17-/m0/s1. The summed E-state index contributed by atoms with van der Waals surface area (Å²) in [6.45, 7) is 0.512. The number of anilines is 1. The molecule has 31 heavy (non-hydrogen) atoms. The number of hydrogen-bond acceptors (Lipinski definition) is 6. The van der Waals surface area contributed by atoms with Gasteiger partial charge in [0.2, 0.25) is 5.91 Å². The molecule has 2 aromatic heterocycles. The van der Waals surface area contributed by atoms with Gasteiger partial charge in [0, 0.05) is 23.1 Å². The lowest BCUT2D eigenvalue weighted by molar-refractivity contribution is -0.119. The van der Waals surface area contributed by atoms with Crippen LogP contribution in [0.4, 0.5) is 5.69 Å². The monoisotopic (exact) mass is 433 g/mol. The molecular formula is C22H19N5O3S. The lowest BCUT2D eigenvalue weighted by atomic mass is 10.2. The minimum Gasteiger partial charge on any atom is -0.464 e. The number of benzene rings is 2. The summed E-state index contributed by atoms with van der Waals surface area (Å²) in [6, 6.07) is 14.8. The molecule has 8 nitrogen and oxygen atoms in total. The molecule has 5 rings (SSSR count). The quantitative estimate of drug-likeness (QED) is 0.532. The fraction of sp³-hybridized carbons (Fsp3) is 0.182. The number of thioether (sulfide) groups is 1. The molecule has 0 saturated carbocycles. The van der Waals surface area contributed by atoms with E-state index in [1.165, 1.54) is 11.8 Å². The lowest BCUT2D eigenvalue weighted by Gasteiger charge is -2.21. The Morgan fingerprint density at radius 3 is 2.94 bits per heavy atom. The first kappa shape index (κ1) is 19.4. The number of amides is 2. The second kappa shape index (κ2) is 7.92. The summed E-state index contributed by atoms with van der Waals surface area (Å²) < 4.78 is 7.08. The van der Waals surface area contributed by atoms with E-state index in [1.807, 2.05) is 48.5 Å². The summed E-state index contributed by atoms with van der Waals surface area (Å²) in [5.74, 6) is -0.197. The van der Waals surface area contributed by atoms with Crippen molar-refractivity contribution in [3.63, 3.8) is 0 Å². The van der Waals surface area contributed by atoms with Crippen molar-refractivity contribution >= 4 is 40.2 Å². The molecule has 2 aromatic carbocycles. The summed E-state index contributed by atoms with van der Waals surface area (Å²) in [6.07, 6.45) is 3.22. The molecule has 0 spiro atoms. The zero-order valence-corrected chi connectivity index (χ0v) is 17.5. The van der Waals surface area contributed by atoms with Crippen molar-refractivity contribution in [1.29, 1.82) is 0 Å². The maximum Gasteiger partial charge on any atom is 0.274 e. The number of hydrogen-bond donors (Lipinski definition) is 1. The summed E-state index contributed by atoms with van der Waals surface area (Å²) in [5, 5.41) is 11.7. The van der Waals surface area contributed by atoms with Crippen LogP contribution in [0, 0.1) is 0 Å². The van der Waals surface area contributed by atoms with Crippen LogP contribution in [0.5, 0.6) is 0 Å². The highest BCUT2D eigenvalue weighted by atomic mass is 32.2. The molecule has 0 saturated heterocycles. The van der Waals surface area contributed by atoms with Gasteiger partial charge in [-0.3, -0.25) is 9.59 Å². The fourth-order valence-corrected chi connectivity index (χ4v) is 4.65. The fourth-order valence-electron chi connectivity index (χ4n) is 3.54. The number of nitrogens with one attached hydrogen (secondary N) is 1. The minimum absolute atomic E-state index is 0.177. The summed E-state index contributed by atoms with van der Waals surface area (Å²) >= 11 is 1.51. The Labute approximate surface area is 182 Å². The van der Waals surface area contributed by atoms with Crippen molar-refractivity contribution in [2.24, 2.45) is 0 Å². The van der Waals surface area contributed by atoms with Gasteiger partial charge in [0.1, 0.15) is 11.6 Å². The number of rotatable bonds is 4. The maximum absolute atomic E-state index is 13.0. The van der Waals surface area contributed by atoms with Crippen molar-refractivity contribution in [3.05, 3.63) is 72.2 Å². The Bertz CT molecular complexity index is 1270. The molecule has 9 heteroatoms. The van der Waals surface area contributed by atoms with E-state index in [1.54, 1.807) is 29.1 Å². The van der Waals surface area contributed by atoms with Crippen molar-refractivity contribution in [3.8, 4) is 0 Å². The molecule has 1 N–H and O–H groups in total. The highest BCUT2D eigenvalue weighted by molar-refractivity contribution is 7.99. The van der Waals surface area contributed by atoms with Gasteiger partial charge in [0.15, 0.2) is 5.69 Å². The molecular weight excluding hydrogens is 414 g/mol. The van der Waals surface area contributed by atoms with Crippen molar-refractivity contribution < 1.29 is 14.0 Å². The van der Waals surface area contributed by atoms with Crippen LogP contribution in [0.3, 0.4) is 0 Å². The Kier molecular flexibility index (Phi) is 4.95. The van der Waals surface area contributed by atoms with Crippen LogP contribution in [0.25, 0.3) is 11.0 Å². The summed E-state index contributed by atoms with van der Waals surface area (Å²) in [5.41, 5.74) is 2.80. The van der Waals surface area contributed by atoms with Gasteiger partial charge in [-0.15, -0.1) is 16.9 Å². The number of carbonyl (C=O) groups is 2. The molecule has 1 atom stereocenters.